The summed E-state index contributed by atoms with van der Waals surface area (Å²) in [5.41, 5.74) is -1.82. The van der Waals surface area contributed by atoms with Crippen molar-refractivity contribution in [3.63, 3.8) is 0 Å². The fourth-order valence-electron chi connectivity index (χ4n) is 4.71. The zero-order chi connectivity index (χ0) is 17.5. The van der Waals surface area contributed by atoms with Crippen LogP contribution in [0, 0.1) is 17.3 Å². The van der Waals surface area contributed by atoms with Gasteiger partial charge in [0.15, 0.2) is 0 Å². The van der Waals surface area contributed by atoms with Crippen molar-refractivity contribution in [2.45, 2.75) is 83.3 Å². The first-order chi connectivity index (χ1) is 11.0. The topological polar surface area (TPSA) is 18.5 Å². The smallest absolute Gasteiger partial charge is 0.398 e. The average molecular weight is 342 g/mol. The van der Waals surface area contributed by atoms with E-state index < -0.39 is 41.3 Å². The molecule has 6 heteroatoms. The molecule has 3 aliphatic carbocycles. The molecule has 0 amide bonds. The Balaban J connectivity index is 1.47. The van der Waals surface area contributed by atoms with Gasteiger partial charge in [0.1, 0.15) is 5.73 Å². The third-order valence-electron chi connectivity index (χ3n) is 7.20. The van der Waals surface area contributed by atoms with Crippen LogP contribution in [0.1, 0.15) is 66.2 Å². The van der Waals surface area contributed by atoms with Crippen LogP contribution in [-0.4, -0.2) is 24.2 Å². The SMILES string of the molecule is CC1(C)OB(C(F)=C2CCC3(CC2)C(C2CC2)C3(F)F)OC1(C)C. The van der Waals surface area contributed by atoms with Gasteiger partial charge in [0.2, 0.25) is 0 Å². The Labute approximate surface area is 142 Å². The average Bonchev–Trinajstić information content (AvgIpc) is 3.34. The molecule has 2 nitrogen and oxygen atoms in total. The minimum atomic E-state index is -2.54. The van der Waals surface area contributed by atoms with Crippen molar-refractivity contribution in [1.29, 1.82) is 0 Å². The first kappa shape index (κ1) is 17.0. The summed E-state index contributed by atoms with van der Waals surface area (Å²) >= 11 is 0. The van der Waals surface area contributed by atoms with E-state index in [4.69, 9.17) is 9.31 Å². The Kier molecular flexibility index (Phi) is 3.40. The third kappa shape index (κ3) is 2.18. The van der Waals surface area contributed by atoms with E-state index in [9.17, 15) is 13.2 Å². The summed E-state index contributed by atoms with van der Waals surface area (Å²) in [6.45, 7) is 7.52. The summed E-state index contributed by atoms with van der Waals surface area (Å²) in [5.74, 6) is -2.79. The number of allylic oxidation sites excluding steroid dienone is 1. The molecular weight excluding hydrogens is 316 g/mol. The number of halogens is 3. The number of hydrogen-bond acceptors (Lipinski definition) is 2. The predicted octanol–water partition coefficient (Wildman–Crippen LogP) is 5.08. The maximum absolute atomic E-state index is 14.9. The van der Waals surface area contributed by atoms with E-state index in [1.54, 1.807) is 0 Å². The lowest BCUT2D eigenvalue weighted by atomic mass is 9.75. The largest absolute Gasteiger partial charge is 0.525 e. The van der Waals surface area contributed by atoms with Crippen molar-refractivity contribution in [3.05, 3.63) is 11.3 Å². The van der Waals surface area contributed by atoms with Gasteiger partial charge in [0.25, 0.3) is 5.92 Å². The predicted molar refractivity (Wildman–Crippen MR) is 86.3 cm³/mol. The van der Waals surface area contributed by atoms with Crippen LogP contribution in [0.5, 0.6) is 0 Å². The molecule has 0 N–H and O–H groups in total. The molecule has 0 aromatic rings. The normalized spacial score (nSPS) is 39.4. The Morgan fingerprint density at radius 3 is 1.96 bits per heavy atom. The second-order valence-corrected chi connectivity index (χ2v) is 9.13. The summed E-state index contributed by atoms with van der Waals surface area (Å²) in [7, 11) is -1.00. The molecule has 1 atom stereocenters. The Morgan fingerprint density at radius 1 is 1.00 bits per heavy atom. The van der Waals surface area contributed by atoms with Gasteiger partial charge in [-0.05, 0) is 77.7 Å². The van der Waals surface area contributed by atoms with Crippen molar-refractivity contribution >= 4 is 7.12 Å². The first-order valence-corrected chi connectivity index (χ1v) is 9.13. The van der Waals surface area contributed by atoms with Crippen LogP contribution in [0.2, 0.25) is 0 Å². The zero-order valence-electron chi connectivity index (χ0n) is 14.9. The molecule has 0 aromatic heterocycles. The van der Waals surface area contributed by atoms with Crippen LogP contribution in [0.15, 0.2) is 11.3 Å². The maximum Gasteiger partial charge on any atom is 0.525 e. The zero-order valence-corrected chi connectivity index (χ0v) is 14.9. The van der Waals surface area contributed by atoms with Crippen molar-refractivity contribution in [1.82, 2.24) is 0 Å². The molecule has 1 spiro atoms. The lowest BCUT2D eigenvalue weighted by Gasteiger charge is -2.32. The Hall–Kier alpha value is -0.485. The van der Waals surface area contributed by atoms with E-state index in [2.05, 4.69) is 0 Å². The van der Waals surface area contributed by atoms with Crippen molar-refractivity contribution < 1.29 is 22.5 Å². The van der Waals surface area contributed by atoms with E-state index in [1.807, 2.05) is 27.7 Å². The Morgan fingerprint density at radius 2 is 1.50 bits per heavy atom. The lowest BCUT2D eigenvalue weighted by molar-refractivity contribution is 0.00578. The van der Waals surface area contributed by atoms with E-state index in [0.29, 0.717) is 31.3 Å². The van der Waals surface area contributed by atoms with Gasteiger partial charge in [-0.3, -0.25) is 0 Å². The summed E-state index contributed by atoms with van der Waals surface area (Å²) in [4.78, 5) is 0. The molecule has 1 saturated heterocycles. The van der Waals surface area contributed by atoms with Crippen LogP contribution in [-0.2, 0) is 9.31 Å². The molecule has 0 bridgehead atoms. The Bertz CT molecular complexity index is 569. The fraction of sp³-hybridized carbons (Fsp3) is 0.889. The van der Waals surface area contributed by atoms with Gasteiger partial charge in [0.05, 0.1) is 11.2 Å². The molecule has 1 heterocycles. The number of alkyl halides is 2. The van der Waals surface area contributed by atoms with E-state index >= 15 is 0 Å². The summed E-state index contributed by atoms with van der Waals surface area (Å²) in [5, 5.41) is 0. The molecule has 0 aromatic carbocycles. The molecule has 4 aliphatic rings. The third-order valence-corrected chi connectivity index (χ3v) is 7.20. The summed E-state index contributed by atoms with van der Waals surface area (Å²) < 4.78 is 55.0. The fourth-order valence-corrected chi connectivity index (χ4v) is 4.71. The minimum Gasteiger partial charge on any atom is -0.398 e. The van der Waals surface area contributed by atoms with Gasteiger partial charge in [0, 0.05) is 11.3 Å². The van der Waals surface area contributed by atoms with Crippen molar-refractivity contribution in [2.24, 2.45) is 17.3 Å². The van der Waals surface area contributed by atoms with Crippen LogP contribution in [0.25, 0.3) is 0 Å². The molecule has 4 rings (SSSR count). The van der Waals surface area contributed by atoms with Crippen molar-refractivity contribution in [2.75, 3.05) is 0 Å². The van der Waals surface area contributed by atoms with Crippen LogP contribution >= 0.6 is 0 Å². The van der Waals surface area contributed by atoms with Gasteiger partial charge in [-0.1, -0.05) is 0 Å². The quantitative estimate of drug-likeness (QED) is 0.652. The second-order valence-electron chi connectivity index (χ2n) is 9.13. The summed E-state index contributed by atoms with van der Waals surface area (Å²) in [6.07, 6.45) is 3.45. The lowest BCUT2D eigenvalue weighted by Crippen LogP contribution is -2.41. The standard InChI is InChI=1S/C18H26BF3O2/c1-15(2)16(3,4)24-19(23-15)14(20)12-7-9-17(10-8-12)13(11-5-6-11)18(17,21)22/h11,13H,5-10H2,1-4H3. The molecule has 0 radical (unpaired) electrons. The highest BCUT2D eigenvalue weighted by Crippen LogP contribution is 2.77. The van der Waals surface area contributed by atoms with Gasteiger partial charge < -0.3 is 9.31 Å². The van der Waals surface area contributed by atoms with Gasteiger partial charge in [-0.25, -0.2) is 13.2 Å². The summed E-state index contributed by atoms with van der Waals surface area (Å²) in [6, 6.07) is 0. The molecule has 1 unspecified atom stereocenters. The van der Waals surface area contributed by atoms with E-state index in [1.165, 1.54) is 0 Å². The highest BCUT2D eigenvalue weighted by Gasteiger charge is 2.82. The van der Waals surface area contributed by atoms with Crippen LogP contribution in [0.3, 0.4) is 0 Å². The monoisotopic (exact) mass is 342 g/mol. The molecule has 1 aliphatic heterocycles. The van der Waals surface area contributed by atoms with Crippen LogP contribution < -0.4 is 0 Å². The second kappa shape index (κ2) is 4.82. The number of rotatable bonds is 2. The van der Waals surface area contributed by atoms with Gasteiger partial charge in [-0.2, -0.15) is 0 Å². The van der Waals surface area contributed by atoms with E-state index in [-0.39, 0.29) is 5.92 Å². The molecular formula is C18H26BF3O2. The van der Waals surface area contributed by atoms with Gasteiger partial charge >= 0.3 is 7.12 Å². The molecule has 134 valence electrons. The first-order valence-electron chi connectivity index (χ1n) is 9.13. The molecule has 3 saturated carbocycles. The minimum absolute atomic E-state index is 0.207. The highest BCUT2D eigenvalue weighted by molar-refractivity contribution is 6.53. The van der Waals surface area contributed by atoms with Crippen LogP contribution in [0.4, 0.5) is 13.2 Å². The highest BCUT2D eigenvalue weighted by atomic mass is 19.3. The number of hydrogen-bond donors (Lipinski definition) is 0. The molecule has 24 heavy (non-hydrogen) atoms. The maximum atomic E-state index is 14.9. The van der Waals surface area contributed by atoms with Crippen molar-refractivity contribution in [3.8, 4) is 0 Å². The van der Waals surface area contributed by atoms with E-state index in [0.717, 1.165) is 12.8 Å². The van der Waals surface area contributed by atoms with Gasteiger partial charge in [-0.15, -0.1) is 0 Å². The molecule has 4 fully saturated rings.